The van der Waals surface area contributed by atoms with E-state index in [1.54, 1.807) is 0 Å². The lowest BCUT2D eigenvalue weighted by molar-refractivity contribution is -0.178. The van der Waals surface area contributed by atoms with Crippen molar-refractivity contribution in [2.24, 2.45) is 12.8 Å². The third-order valence-electron chi connectivity index (χ3n) is 3.07. The number of nitrogens with one attached hydrogen (secondary N) is 1. The molecule has 0 bridgehead atoms. The van der Waals surface area contributed by atoms with Crippen LogP contribution in [0.1, 0.15) is 10.4 Å². The van der Waals surface area contributed by atoms with Crippen LogP contribution in [0.15, 0.2) is 29.1 Å². The molecule has 0 aliphatic rings. The molecule has 0 spiro atoms. The predicted molar refractivity (Wildman–Crippen MR) is 81.9 cm³/mol. The smallest absolute Gasteiger partial charge is 0.256 e. The lowest BCUT2D eigenvalue weighted by Gasteiger charge is -2.17. The van der Waals surface area contributed by atoms with E-state index in [9.17, 15) is 14.0 Å². The first-order valence-corrected chi connectivity index (χ1v) is 6.41. The molecule has 2 rings (SSSR count). The van der Waals surface area contributed by atoms with Crippen LogP contribution in [0.2, 0.25) is 0 Å². The monoisotopic (exact) mass is 322 g/mol. The van der Waals surface area contributed by atoms with Crippen molar-refractivity contribution in [2.75, 3.05) is 18.2 Å². The van der Waals surface area contributed by atoms with Crippen molar-refractivity contribution in [2.45, 2.75) is 0 Å². The number of benzene rings is 1. The average molecular weight is 322 g/mol. The van der Waals surface area contributed by atoms with Gasteiger partial charge in [0.15, 0.2) is 5.75 Å². The lowest BCUT2D eigenvalue weighted by atomic mass is 10.2. The summed E-state index contributed by atoms with van der Waals surface area (Å²) < 4.78 is 15.0. The van der Waals surface area contributed by atoms with Gasteiger partial charge in [-0.3, -0.25) is 14.2 Å². The van der Waals surface area contributed by atoms with Crippen molar-refractivity contribution in [1.29, 1.82) is 0 Å². The molecular weight excluding hydrogens is 307 g/mol. The number of primary amides is 1. The summed E-state index contributed by atoms with van der Waals surface area (Å²) in [5.41, 5.74) is 10.4. The van der Waals surface area contributed by atoms with Crippen molar-refractivity contribution in [3.05, 3.63) is 46.0 Å². The first-order chi connectivity index (χ1) is 10.8. The Morgan fingerprint density at radius 3 is 2.61 bits per heavy atom. The Labute approximate surface area is 130 Å². The van der Waals surface area contributed by atoms with E-state index in [0.29, 0.717) is 0 Å². The van der Waals surface area contributed by atoms with Crippen LogP contribution in [-0.2, 0) is 11.9 Å². The van der Waals surface area contributed by atoms with Gasteiger partial charge >= 0.3 is 0 Å². The highest BCUT2D eigenvalue weighted by molar-refractivity contribution is 6.01. The number of hydrogen-bond donors (Lipinski definition) is 3. The Morgan fingerprint density at radius 1 is 1.35 bits per heavy atom. The summed E-state index contributed by atoms with van der Waals surface area (Å²) in [5, 5.41) is 2.65. The van der Waals surface area contributed by atoms with Crippen molar-refractivity contribution in [3.8, 4) is 5.75 Å². The van der Waals surface area contributed by atoms with Gasteiger partial charge in [0.2, 0.25) is 0 Å². The number of rotatable bonds is 5. The number of nitrogen functional groups attached to an aromatic ring is 1. The Balaban J connectivity index is 2.64. The Bertz CT molecular complexity index is 819. The summed E-state index contributed by atoms with van der Waals surface area (Å²) in [6.45, 7) is 0. The molecule has 0 aliphatic carbocycles. The van der Waals surface area contributed by atoms with Gasteiger partial charge in [-0.2, -0.15) is 4.89 Å². The summed E-state index contributed by atoms with van der Waals surface area (Å²) in [6.07, 6.45) is 0. The molecule has 0 aliphatic heterocycles. The highest BCUT2D eigenvalue weighted by Gasteiger charge is 2.21. The Hall–Kier alpha value is -3.07. The molecule has 1 aromatic carbocycles. The van der Waals surface area contributed by atoms with Gasteiger partial charge in [-0.15, -0.1) is 0 Å². The van der Waals surface area contributed by atoms with E-state index >= 15 is 0 Å². The zero-order chi connectivity index (χ0) is 17.1. The predicted octanol–water partition coefficient (Wildman–Crippen LogP) is 0.889. The SMILES string of the molecule is COOc1cc(=O)n(C)c(Nc2ccc(N)cc2F)c1C(N)=O. The van der Waals surface area contributed by atoms with E-state index in [1.807, 2.05) is 0 Å². The lowest BCUT2D eigenvalue weighted by Crippen LogP contribution is -2.25. The third-order valence-corrected chi connectivity index (χ3v) is 3.07. The molecule has 23 heavy (non-hydrogen) atoms. The fourth-order valence-electron chi connectivity index (χ4n) is 1.98. The number of nitrogens with two attached hydrogens (primary N) is 2. The van der Waals surface area contributed by atoms with Crippen molar-refractivity contribution in [1.82, 2.24) is 4.57 Å². The highest BCUT2D eigenvalue weighted by Crippen LogP contribution is 2.28. The maximum atomic E-state index is 13.9. The standard InChI is InChI=1S/C14H15FN4O4/c1-19-11(20)6-10(23-22-2)12(13(17)21)14(19)18-9-4-3-7(16)5-8(9)15/h3-6,18H,16H2,1-2H3,(H2,17,21). The number of amides is 1. The van der Waals surface area contributed by atoms with Gasteiger partial charge in [0.1, 0.15) is 17.2 Å². The molecule has 1 heterocycles. The molecule has 1 aromatic heterocycles. The molecule has 2 aromatic rings. The van der Waals surface area contributed by atoms with Gasteiger partial charge in [-0.25, -0.2) is 4.39 Å². The molecule has 122 valence electrons. The number of hydrogen-bond acceptors (Lipinski definition) is 6. The number of anilines is 3. The Morgan fingerprint density at radius 2 is 2.04 bits per heavy atom. The van der Waals surface area contributed by atoms with Crippen LogP contribution in [0.3, 0.4) is 0 Å². The van der Waals surface area contributed by atoms with E-state index in [-0.39, 0.29) is 28.5 Å². The average Bonchev–Trinajstić information content (AvgIpc) is 2.46. The maximum Gasteiger partial charge on any atom is 0.256 e. The largest absolute Gasteiger partial charge is 0.399 e. The minimum Gasteiger partial charge on any atom is -0.399 e. The van der Waals surface area contributed by atoms with Crippen LogP contribution in [-0.4, -0.2) is 17.6 Å². The molecule has 0 atom stereocenters. The minimum absolute atomic E-state index is 0.00580. The van der Waals surface area contributed by atoms with Crippen LogP contribution in [0.5, 0.6) is 5.75 Å². The summed E-state index contributed by atoms with van der Waals surface area (Å²) in [6, 6.07) is 4.96. The molecule has 1 amide bonds. The normalized spacial score (nSPS) is 10.4. The zero-order valence-corrected chi connectivity index (χ0v) is 12.4. The fraction of sp³-hybridized carbons (Fsp3) is 0.143. The van der Waals surface area contributed by atoms with Crippen LogP contribution in [0.4, 0.5) is 21.6 Å². The molecule has 5 N–H and O–H groups in total. The molecule has 0 fully saturated rings. The number of halogens is 1. The molecular formula is C14H15FN4O4. The number of nitrogens with zero attached hydrogens (tertiary/aromatic N) is 1. The van der Waals surface area contributed by atoms with Gasteiger partial charge in [-0.05, 0) is 18.2 Å². The minimum atomic E-state index is -0.883. The molecule has 0 radical (unpaired) electrons. The first-order valence-electron chi connectivity index (χ1n) is 6.41. The topological polar surface area (TPSA) is 122 Å². The highest BCUT2D eigenvalue weighted by atomic mass is 19.1. The van der Waals surface area contributed by atoms with E-state index in [4.69, 9.17) is 16.4 Å². The summed E-state index contributed by atoms with van der Waals surface area (Å²) in [7, 11) is 2.60. The second-order valence-electron chi connectivity index (χ2n) is 4.61. The van der Waals surface area contributed by atoms with E-state index in [2.05, 4.69) is 10.2 Å². The van der Waals surface area contributed by atoms with E-state index < -0.39 is 17.3 Å². The van der Waals surface area contributed by atoms with Crippen molar-refractivity contribution in [3.63, 3.8) is 0 Å². The van der Waals surface area contributed by atoms with Crippen LogP contribution in [0, 0.1) is 5.82 Å². The third kappa shape index (κ3) is 3.24. The van der Waals surface area contributed by atoms with Crippen LogP contribution < -0.4 is 27.2 Å². The summed E-state index contributed by atoms with van der Waals surface area (Å²) >= 11 is 0. The maximum absolute atomic E-state index is 13.9. The van der Waals surface area contributed by atoms with Gasteiger partial charge in [0.05, 0.1) is 18.9 Å². The quantitative estimate of drug-likeness (QED) is 0.427. The number of carbonyl (C=O) groups excluding carboxylic acids is 1. The number of aromatic nitrogens is 1. The summed E-state index contributed by atoms with van der Waals surface area (Å²) in [4.78, 5) is 33.0. The van der Waals surface area contributed by atoms with Gasteiger partial charge in [-0.1, -0.05) is 0 Å². The van der Waals surface area contributed by atoms with Crippen molar-refractivity contribution < 1.29 is 19.0 Å². The zero-order valence-electron chi connectivity index (χ0n) is 12.4. The molecule has 0 saturated heterocycles. The van der Waals surface area contributed by atoms with Crippen molar-refractivity contribution >= 4 is 23.1 Å². The van der Waals surface area contributed by atoms with Crippen LogP contribution >= 0.6 is 0 Å². The fourth-order valence-corrected chi connectivity index (χ4v) is 1.98. The van der Waals surface area contributed by atoms with Gasteiger partial charge in [0, 0.05) is 12.7 Å². The van der Waals surface area contributed by atoms with Crippen LogP contribution in [0.25, 0.3) is 0 Å². The molecule has 9 heteroatoms. The molecule has 0 saturated carbocycles. The van der Waals surface area contributed by atoms with Gasteiger partial charge in [0.25, 0.3) is 11.5 Å². The molecule has 8 nitrogen and oxygen atoms in total. The first kappa shape index (κ1) is 16.3. The number of carbonyl (C=O) groups is 1. The number of pyridine rings is 1. The van der Waals surface area contributed by atoms with Gasteiger partial charge < -0.3 is 21.7 Å². The van der Waals surface area contributed by atoms with E-state index in [0.717, 1.165) is 16.7 Å². The second kappa shape index (κ2) is 6.36. The Kier molecular flexibility index (Phi) is 4.51. The molecule has 0 unspecified atom stereocenters. The second-order valence-corrected chi connectivity index (χ2v) is 4.61. The summed E-state index contributed by atoms with van der Waals surface area (Å²) in [5.74, 6) is -1.76. The van der Waals surface area contributed by atoms with E-state index in [1.165, 1.54) is 26.3 Å².